The van der Waals surface area contributed by atoms with E-state index in [0.29, 0.717) is 0 Å². The number of hydrogen-bond donors (Lipinski definition) is 1. The van der Waals surface area contributed by atoms with E-state index in [9.17, 15) is 0 Å². The van der Waals surface area contributed by atoms with Crippen LogP contribution in [0.3, 0.4) is 0 Å². The third-order valence-electron chi connectivity index (χ3n) is 3.29. The van der Waals surface area contributed by atoms with E-state index in [-0.39, 0.29) is 6.04 Å². The summed E-state index contributed by atoms with van der Waals surface area (Å²) in [5.41, 5.74) is 8.56. The number of anilines is 1. The quantitative estimate of drug-likeness (QED) is 0.825. The van der Waals surface area contributed by atoms with Crippen molar-refractivity contribution in [3.8, 4) is 0 Å². The maximum absolute atomic E-state index is 5.99. The minimum atomic E-state index is 0.264. The molecule has 0 aliphatic carbocycles. The molecule has 102 valence electrons. The molecule has 0 aliphatic heterocycles. The van der Waals surface area contributed by atoms with Crippen molar-refractivity contribution < 1.29 is 0 Å². The van der Waals surface area contributed by atoms with E-state index in [2.05, 4.69) is 59.9 Å². The van der Waals surface area contributed by atoms with Crippen LogP contribution < -0.4 is 10.6 Å². The molecule has 0 radical (unpaired) electrons. The number of unbranched alkanes of at least 4 members (excludes halogenated alkanes) is 1. The molecular formula is C15H25BrN2. The molecule has 0 aromatic heterocycles. The second-order valence-electron chi connectivity index (χ2n) is 4.93. The molecule has 2 N–H and O–H groups in total. The van der Waals surface area contributed by atoms with Gasteiger partial charge in [0.15, 0.2) is 0 Å². The van der Waals surface area contributed by atoms with E-state index >= 15 is 0 Å². The van der Waals surface area contributed by atoms with Crippen LogP contribution in [0.15, 0.2) is 22.7 Å². The summed E-state index contributed by atoms with van der Waals surface area (Å²) in [6.45, 7) is 5.45. The van der Waals surface area contributed by atoms with Gasteiger partial charge in [0.1, 0.15) is 0 Å². The van der Waals surface area contributed by atoms with Crippen LogP contribution in [-0.2, 0) is 6.42 Å². The first-order valence-corrected chi connectivity index (χ1v) is 7.62. The van der Waals surface area contributed by atoms with Gasteiger partial charge in [-0.15, -0.1) is 0 Å². The van der Waals surface area contributed by atoms with Crippen molar-refractivity contribution in [1.82, 2.24) is 0 Å². The van der Waals surface area contributed by atoms with Gasteiger partial charge >= 0.3 is 0 Å². The van der Waals surface area contributed by atoms with Crippen LogP contribution in [0.4, 0.5) is 5.69 Å². The van der Waals surface area contributed by atoms with Crippen molar-refractivity contribution in [2.24, 2.45) is 5.73 Å². The second-order valence-corrected chi connectivity index (χ2v) is 5.79. The van der Waals surface area contributed by atoms with E-state index in [0.717, 1.165) is 19.4 Å². The summed E-state index contributed by atoms with van der Waals surface area (Å²) in [6.07, 6.45) is 4.43. The number of benzene rings is 1. The molecule has 0 spiro atoms. The molecule has 0 fully saturated rings. The molecule has 1 atom stereocenters. The smallest absolute Gasteiger partial charge is 0.0508 e. The molecule has 18 heavy (non-hydrogen) atoms. The highest BCUT2D eigenvalue weighted by atomic mass is 79.9. The lowest BCUT2D eigenvalue weighted by molar-refractivity contribution is 0.646. The zero-order valence-corrected chi connectivity index (χ0v) is 13.3. The van der Waals surface area contributed by atoms with Gasteiger partial charge in [0.2, 0.25) is 0 Å². The zero-order valence-electron chi connectivity index (χ0n) is 11.7. The third kappa shape index (κ3) is 4.62. The van der Waals surface area contributed by atoms with Gasteiger partial charge in [-0.3, -0.25) is 0 Å². The summed E-state index contributed by atoms with van der Waals surface area (Å²) in [5, 5.41) is 0. The zero-order chi connectivity index (χ0) is 13.5. The van der Waals surface area contributed by atoms with Crippen LogP contribution in [0.2, 0.25) is 0 Å². The minimum Gasteiger partial charge on any atom is -0.374 e. The average molecular weight is 313 g/mol. The molecule has 1 unspecified atom stereocenters. The molecule has 0 saturated heterocycles. The van der Waals surface area contributed by atoms with Crippen molar-refractivity contribution >= 4 is 21.6 Å². The lowest BCUT2D eigenvalue weighted by atomic mass is 10.0. The predicted octanol–water partition coefficient (Wildman–Crippen LogP) is 3.97. The Balaban J connectivity index is 2.72. The van der Waals surface area contributed by atoms with Gasteiger partial charge < -0.3 is 10.6 Å². The lowest BCUT2D eigenvalue weighted by Gasteiger charge is -2.21. The molecule has 1 rings (SSSR count). The number of rotatable bonds is 7. The monoisotopic (exact) mass is 312 g/mol. The molecule has 0 amide bonds. The topological polar surface area (TPSA) is 29.3 Å². The van der Waals surface area contributed by atoms with Crippen LogP contribution in [-0.4, -0.2) is 19.6 Å². The van der Waals surface area contributed by atoms with Crippen molar-refractivity contribution in [2.45, 2.75) is 45.6 Å². The van der Waals surface area contributed by atoms with Crippen molar-refractivity contribution in [1.29, 1.82) is 0 Å². The van der Waals surface area contributed by atoms with Gasteiger partial charge in [-0.05, 0) is 52.9 Å². The first-order chi connectivity index (χ1) is 8.58. The number of halogens is 1. The van der Waals surface area contributed by atoms with Crippen molar-refractivity contribution in [2.75, 3.05) is 18.5 Å². The maximum atomic E-state index is 5.99. The standard InChI is InChI=1S/C15H25BrN2/c1-4-6-9-18(3)15-8-7-12(11-14(15)16)10-13(17)5-2/h7-8,11,13H,4-6,9-10,17H2,1-3H3. The molecule has 0 bridgehead atoms. The molecule has 0 heterocycles. The van der Waals surface area contributed by atoms with Gasteiger partial charge in [-0.2, -0.15) is 0 Å². The number of nitrogens with two attached hydrogens (primary N) is 1. The summed E-state index contributed by atoms with van der Waals surface area (Å²) in [5.74, 6) is 0. The Bertz CT molecular complexity index is 366. The van der Waals surface area contributed by atoms with Gasteiger partial charge in [-0.25, -0.2) is 0 Å². The van der Waals surface area contributed by atoms with Gasteiger partial charge in [0.25, 0.3) is 0 Å². The second kappa shape index (κ2) is 7.80. The van der Waals surface area contributed by atoms with Gasteiger partial charge in [-0.1, -0.05) is 26.3 Å². The Morgan fingerprint density at radius 2 is 2.06 bits per heavy atom. The first-order valence-electron chi connectivity index (χ1n) is 6.83. The maximum Gasteiger partial charge on any atom is 0.0508 e. The molecule has 1 aromatic rings. The van der Waals surface area contributed by atoms with E-state index in [1.165, 1.54) is 28.6 Å². The van der Waals surface area contributed by atoms with Crippen LogP contribution in [0.25, 0.3) is 0 Å². The Labute approximate surface area is 120 Å². The van der Waals surface area contributed by atoms with Crippen molar-refractivity contribution in [3.05, 3.63) is 28.2 Å². The summed E-state index contributed by atoms with van der Waals surface area (Å²) in [7, 11) is 2.15. The lowest BCUT2D eigenvalue weighted by Crippen LogP contribution is -2.22. The SMILES string of the molecule is CCCCN(C)c1ccc(CC(N)CC)cc1Br. The Morgan fingerprint density at radius 3 is 2.61 bits per heavy atom. The van der Waals surface area contributed by atoms with Gasteiger partial charge in [0.05, 0.1) is 5.69 Å². The average Bonchev–Trinajstić information content (AvgIpc) is 2.36. The molecule has 0 saturated carbocycles. The first kappa shape index (κ1) is 15.5. The Morgan fingerprint density at radius 1 is 1.33 bits per heavy atom. The fourth-order valence-electron chi connectivity index (χ4n) is 1.95. The Kier molecular flexibility index (Phi) is 6.72. The third-order valence-corrected chi connectivity index (χ3v) is 3.93. The molecule has 3 heteroatoms. The number of hydrogen-bond acceptors (Lipinski definition) is 2. The fourth-order valence-corrected chi connectivity index (χ4v) is 2.68. The van der Waals surface area contributed by atoms with Crippen LogP contribution >= 0.6 is 15.9 Å². The largest absolute Gasteiger partial charge is 0.374 e. The summed E-state index contributed by atoms with van der Waals surface area (Å²) < 4.78 is 1.17. The fraction of sp³-hybridized carbons (Fsp3) is 0.600. The highest BCUT2D eigenvalue weighted by molar-refractivity contribution is 9.10. The molecule has 0 aliphatic rings. The van der Waals surface area contributed by atoms with Crippen LogP contribution in [0, 0.1) is 0 Å². The molecule has 1 aromatic carbocycles. The van der Waals surface area contributed by atoms with Crippen LogP contribution in [0.1, 0.15) is 38.7 Å². The summed E-state index contributed by atoms with van der Waals surface area (Å²) in [6, 6.07) is 6.85. The van der Waals surface area contributed by atoms with Crippen molar-refractivity contribution in [3.63, 3.8) is 0 Å². The van der Waals surface area contributed by atoms with E-state index in [4.69, 9.17) is 5.73 Å². The highest BCUT2D eigenvalue weighted by Gasteiger charge is 2.08. The molecule has 2 nitrogen and oxygen atoms in total. The number of nitrogens with zero attached hydrogens (tertiary/aromatic N) is 1. The normalized spacial score (nSPS) is 12.5. The van der Waals surface area contributed by atoms with E-state index < -0.39 is 0 Å². The Hall–Kier alpha value is -0.540. The van der Waals surface area contributed by atoms with Gasteiger partial charge in [0, 0.05) is 24.1 Å². The predicted molar refractivity (Wildman–Crippen MR) is 84.3 cm³/mol. The van der Waals surface area contributed by atoms with E-state index in [1.54, 1.807) is 0 Å². The molecular weight excluding hydrogens is 288 g/mol. The minimum absolute atomic E-state index is 0.264. The highest BCUT2D eigenvalue weighted by Crippen LogP contribution is 2.27. The van der Waals surface area contributed by atoms with Crippen LogP contribution in [0.5, 0.6) is 0 Å². The van der Waals surface area contributed by atoms with E-state index in [1.807, 2.05) is 0 Å². The summed E-state index contributed by atoms with van der Waals surface area (Å²) in [4.78, 5) is 2.30. The summed E-state index contributed by atoms with van der Waals surface area (Å²) >= 11 is 3.67.